The Kier molecular flexibility index (Phi) is 12.7. The molecule has 2 atom stereocenters. The largest absolute Gasteiger partial charge is 0.330 e. The number of aryl methyl sites for hydroxylation is 1. The minimum absolute atomic E-state index is 0.00819. The number of carbonyl (C=O) groups excluding carboxylic acids is 7. The van der Waals surface area contributed by atoms with E-state index in [9.17, 15) is 33.6 Å². The molecule has 318 valence electrons. The molecule has 3 aromatic carbocycles. The fraction of sp³-hybridized carbons (Fsp3) is 0.404. The molecular formula is C47H53N7O7. The van der Waals surface area contributed by atoms with Gasteiger partial charge in [0.15, 0.2) is 17.4 Å². The molecule has 0 bridgehead atoms. The van der Waals surface area contributed by atoms with Gasteiger partial charge in [0.1, 0.15) is 5.78 Å². The summed E-state index contributed by atoms with van der Waals surface area (Å²) in [6.45, 7) is 4.76. The van der Waals surface area contributed by atoms with Gasteiger partial charge in [0.05, 0.1) is 47.4 Å². The number of aromatic amines is 1. The quantitative estimate of drug-likeness (QED) is 0.0475. The number of rotatable bonds is 16. The monoisotopic (exact) mass is 827 g/mol. The normalized spacial score (nSPS) is 17.4. The molecule has 0 radical (unpaired) electrons. The predicted octanol–water partition coefficient (Wildman–Crippen LogP) is 6.78. The van der Waals surface area contributed by atoms with Crippen molar-refractivity contribution < 1.29 is 33.6 Å². The van der Waals surface area contributed by atoms with Crippen molar-refractivity contribution in [2.75, 3.05) is 26.0 Å². The van der Waals surface area contributed by atoms with Crippen LogP contribution in [-0.4, -0.2) is 92.7 Å². The summed E-state index contributed by atoms with van der Waals surface area (Å²) in [7, 11) is 3.93. The molecule has 1 fully saturated rings. The summed E-state index contributed by atoms with van der Waals surface area (Å²) in [6.07, 6.45) is 5.22. The van der Waals surface area contributed by atoms with E-state index in [-0.39, 0.29) is 61.1 Å². The maximum Gasteiger partial charge on any atom is 0.319 e. The molecule has 4 aromatic rings. The zero-order chi connectivity index (χ0) is 43.4. The van der Waals surface area contributed by atoms with Crippen molar-refractivity contribution in [3.63, 3.8) is 0 Å². The Morgan fingerprint density at radius 3 is 2.30 bits per heavy atom. The van der Waals surface area contributed by atoms with Crippen molar-refractivity contribution in [1.29, 1.82) is 0 Å². The Morgan fingerprint density at radius 2 is 1.57 bits per heavy atom. The Hall–Kier alpha value is -6.28. The molecule has 2 aliphatic heterocycles. The van der Waals surface area contributed by atoms with Gasteiger partial charge in [-0.25, -0.2) is 4.79 Å². The molecule has 7 rings (SSSR count). The predicted molar refractivity (Wildman–Crippen MR) is 228 cm³/mol. The second-order valence-corrected chi connectivity index (χ2v) is 17.0. The van der Waals surface area contributed by atoms with E-state index >= 15 is 0 Å². The number of fused-ring (bicyclic) bond motifs is 2. The fourth-order valence-corrected chi connectivity index (χ4v) is 8.72. The third-order valence-corrected chi connectivity index (χ3v) is 12.1. The zero-order valence-corrected chi connectivity index (χ0v) is 35.2. The summed E-state index contributed by atoms with van der Waals surface area (Å²) >= 11 is 0. The van der Waals surface area contributed by atoms with Gasteiger partial charge >= 0.3 is 6.03 Å². The van der Waals surface area contributed by atoms with Gasteiger partial charge in [-0.15, -0.1) is 0 Å². The number of likely N-dealkylation sites (N-methyl/N-ethyl adjacent to an activating group) is 1. The molecule has 3 heterocycles. The first-order valence-corrected chi connectivity index (χ1v) is 21.1. The van der Waals surface area contributed by atoms with E-state index in [1.165, 1.54) is 0 Å². The topological polar surface area (TPSA) is 182 Å². The summed E-state index contributed by atoms with van der Waals surface area (Å²) in [4.78, 5) is 95.7. The SMILES string of the molecule is CN(C)C[C@@H](NC(=O)N1Cc2c(NC(=O)c3ccc(C(=O)CCCCCCCc4cccc5c4C(=O)N(C4CCC(=O)CC4=O)C5=O)cc3)n[nH]c2C1(C)C)c1ccccc1. The number of imide groups is 1. The van der Waals surface area contributed by atoms with Gasteiger partial charge in [-0.05, 0) is 83.0 Å². The number of aromatic nitrogens is 2. The fourth-order valence-electron chi connectivity index (χ4n) is 8.72. The van der Waals surface area contributed by atoms with E-state index in [1.807, 2.05) is 69.2 Å². The minimum atomic E-state index is -0.886. The third-order valence-electron chi connectivity index (χ3n) is 12.1. The van der Waals surface area contributed by atoms with Crippen LogP contribution in [0.25, 0.3) is 0 Å². The van der Waals surface area contributed by atoms with Crippen LogP contribution in [0.4, 0.5) is 10.6 Å². The molecule has 0 spiro atoms. The maximum atomic E-state index is 13.7. The van der Waals surface area contributed by atoms with Gasteiger partial charge < -0.3 is 20.4 Å². The minimum Gasteiger partial charge on any atom is -0.330 e. The molecule has 3 aliphatic rings. The first kappa shape index (κ1) is 42.8. The highest BCUT2D eigenvalue weighted by atomic mass is 16.2. The van der Waals surface area contributed by atoms with Gasteiger partial charge in [0.2, 0.25) is 0 Å². The van der Waals surface area contributed by atoms with Crippen LogP contribution >= 0.6 is 0 Å². The number of H-pyrrole nitrogens is 1. The lowest BCUT2D eigenvalue weighted by molar-refractivity contribution is -0.132. The van der Waals surface area contributed by atoms with E-state index in [1.54, 1.807) is 41.3 Å². The van der Waals surface area contributed by atoms with Gasteiger partial charge in [-0.2, -0.15) is 5.10 Å². The van der Waals surface area contributed by atoms with E-state index in [2.05, 4.69) is 20.8 Å². The van der Waals surface area contributed by atoms with Crippen LogP contribution in [0.5, 0.6) is 0 Å². The smallest absolute Gasteiger partial charge is 0.319 e. The maximum absolute atomic E-state index is 13.7. The summed E-state index contributed by atoms with van der Waals surface area (Å²) in [5.41, 5.74) is 4.13. The molecule has 61 heavy (non-hydrogen) atoms. The Morgan fingerprint density at radius 1 is 0.869 bits per heavy atom. The van der Waals surface area contributed by atoms with Crippen molar-refractivity contribution in [3.05, 3.63) is 117 Å². The first-order chi connectivity index (χ1) is 29.2. The highest BCUT2D eigenvalue weighted by Gasteiger charge is 2.46. The molecule has 1 aliphatic carbocycles. The molecule has 5 amide bonds. The van der Waals surface area contributed by atoms with Crippen LogP contribution in [0, 0.1) is 0 Å². The molecular weight excluding hydrogens is 775 g/mol. The standard InChI is InChI=1S/C47H53N7O7/c1-47(2)41-35(27-53(47)46(61)48-36(28-52(3)4)29-14-10-8-11-15-29)42(51-50-41)49-43(58)32-22-20-30(21-23-32)38(56)19-12-7-5-6-9-16-31-17-13-18-34-40(31)45(60)54(44(34)59)37-25-24-33(55)26-39(37)57/h8,10-11,13-15,17-18,20-23,36-37H,5-7,9,12,16,19,24-28H2,1-4H3,(H,48,61)(H2,49,50,51,58)/t36-,37?/m1/s1. The Bertz CT molecular complexity index is 2350. The van der Waals surface area contributed by atoms with Crippen molar-refractivity contribution in [3.8, 4) is 0 Å². The van der Waals surface area contributed by atoms with Gasteiger partial charge in [-0.3, -0.25) is 38.8 Å². The van der Waals surface area contributed by atoms with Crippen LogP contribution < -0.4 is 10.6 Å². The molecule has 0 saturated heterocycles. The van der Waals surface area contributed by atoms with Gasteiger partial charge in [0.25, 0.3) is 17.7 Å². The second-order valence-electron chi connectivity index (χ2n) is 17.0. The number of Topliss-reactive ketones (excluding diaryl/α,β-unsaturated/α-hetero) is 3. The number of amides is 5. The molecule has 1 aromatic heterocycles. The van der Waals surface area contributed by atoms with Crippen molar-refractivity contribution in [2.45, 2.75) is 102 Å². The first-order valence-electron chi connectivity index (χ1n) is 21.1. The number of nitrogens with one attached hydrogen (secondary N) is 3. The lowest BCUT2D eigenvalue weighted by Crippen LogP contribution is -2.48. The number of hydrogen-bond donors (Lipinski definition) is 3. The molecule has 14 heteroatoms. The Balaban J connectivity index is 0.854. The number of nitrogens with zero attached hydrogens (tertiary/aromatic N) is 4. The molecule has 3 N–H and O–H groups in total. The molecule has 14 nitrogen and oxygen atoms in total. The van der Waals surface area contributed by atoms with Crippen LogP contribution in [-0.2, 0) is 28.1 Å². The van der Waals surface area contributed by atoms with Crippen LogP contribution in [0.2, 0.25) is 0 Å². The van der Waals surface area contributed by atoms with Crippen molar-refractivity contribution in [2.24, 2.45) is 0 Å². The average molecular weight is 828 g/mol. The lowest BCUT2D eigenvalue weighted by atomic mass is 9.92. The number of benzene rings is 3. The number of unbranched alkanes of at least 4 members (excludes halogenated alkanes) is 4. The van der Waals surface area contributed by atoms with E-state index < -0.39 is 23.4 Å². The highest BCUT2D eigenvalue weighted by Crippen LogP contribution is 2.41. The summed E-state index contributed by atoms with van der Waals surface area (Å²) in [5, 5.41) is 13.5. The van der Waals surface area contributed by atoms with E-state index in [4.69, 9.17) is 0 Å². The third kappa shape index (κ3) is 9.09. The summed E-state index contributed by atoms with van der Waals surface area (Å²) in [6, 6.07) is 20.3. The highest BCUT2D eigenvalue weighted by molar-refractivity contribution is 6.24. The van der Waals surface area contributed by atoms with E-state index in [0.717, 1.165) is 53.0 Å². The summed E-state index contributed by atoms with van der Waals surface area (Å²) < 4.78 is 0. The lowest BCUT2D eigenvalue weighted by Gasteiger charge is -2.34. The Labute approximate surface area is 355 Å². The van der Waals surface area contributed by atoms with Crippen LogP contribution in [0.15, 0.2) is 72.8 Å². The van der Waals surface area contributed by atoms with Crippen LogP contribution in [0.1, 0.15) is 141 Å². The number of ketones is 3. The van der Waals surface area contributed by atoms with Crippen molar-refractivity contribution in [1.82, 2.24) is 30.2 Å². The molecule has 1 unspecified atom stereocenters. The van der Waals surface area contributed by atoms with E-state index in [0.29, 0.717) is 53.9 Å². The molecule has 1 saturated carbocycles. The second kappa shape index (κ2) is 18.1. The average Bonchev–Trinajstić information content (AvgIpc) is 3.85. The zero-order valence-electron chi connectivity index (χ0n) is 35.2. The number of hydrogen-bond acceptors (Lipinski definition) is 9. The van der Waals surface area contributed by atoms with Crippen molar-refractivity contribution >= 4 is 46.9 Å². The van der Waals surface area contributed by atoms with Gasteiger partial charge in [0, 0.05) is 36.1 Å². The number of anilines is 1. The van der Waals surface area contributed by atoms with Crippen LogP contribution in [0.3, 0.4) is 0 Å². The number of urea groups is 1. The van der Waals surface area contributed by atoms with Gasteiger partial charge in [-0.1, -0.05) is 73.9 Å². The number of carbonyl (C=O) groups is 7. The summed E-state index contributed by atoms with van der Waals surface area (Å²) in [5.74, 6) is -1.50.